The van der Waals surface area contributed by atoms with Crippen molar-refractivity contribution in [3.8, 4) is 0 Å². The Morgan fingerprint density at radius 2 is 1.94 bits per heavy atom. The van der Waals surface area contributed by atoms with Gasteiger partial charge in [-0.1, -0.05) is 19.9 Å². The first-order valence-electron chi connectivity index (χ1n) is 12.3. The van der Waals surface area contributed by atoms with E-state index in [-0.39, 0.29) is 28.1 Å². The van der Waals surface area contributed by atoms with E-state index in [9.17, 15) is 13.2 Å². The van der Waals surface area contributed by atoms with Gasteiger partial charge in [-0.15, -0.1) is 0 Å². The maximum absolute atomic E-state index is 12.8. The number of aliphatic imine (C=N–C) groups is 1. The van der Waals surface area contributed by atoms with Crippen molar-refractivity contribution in [2.75, 3.05) is 18.2 Å². The molecule has 35 heavy (non-hydrogen) atoms. The van der Waals surface area contributed by atoms with Crippen LogP contribution in [-0.2, 0) is 32.2 Å². The summed E-state index contributed by atoms with van der Waals surface area (Å²) < 4.78 is 31.7. The number of anilines is 2. The molecule has 2 aliphatic heterocycles. The van der Waals surface area contributed by atoms with Crippen LogP contribution in [0.4, 0.5) is 17.1 Å². The van der Waals surface area contributed by atoms with Crippen molar-refractivity contribution in [3.63, 3.8) is 0 Å². The summed E-state index contributed by atoms with van der Waals surface area (Å²) in [6, 6.07) is 7.32. The molecule has 1 saturated heterocycles. The van der Waals surface area contributed by atoms with E-state index in [0.717, 1.165) is 42.7 Å². The number of carbonyl (C=O) groups is 1. The van der Waals surface area contributed by atoms with E-state index in [1.165, 1.54) is 6.26 Å². The summed E-state index contributed by atoms with van der Waals surface area (Å²) in [5, 5.41) is 3.32. The van der Waals surface area contributed by atoms with Crippen LogP contribution in [0.1, 0.15) is 69.5 Å². The minimum atomic E-state index is -3.52. The molecule has 8 heteroatoms. The molecule has 7 nitrogen and oxygen atoms in total. The van der Waals surface area contributed by atoms with E-state index in [0.29, 0.717) is 42.2 Å². The van der Waals surface area contributed by atoms with Gasteiger partial charge in [-0.05, 0) is 61.8 Å². The third kappa shape index (κ3) is 5.33. The van der Waals surface area contributed by atoms with Crippen LogP contribution in [0.15, 0.2) is 34.2 Å². The molecule has 3 aliphatic rings. The lowest BCUT2D eigenvalue weighted by Crippen LogP contribution is -2.27. The van der Waals surface area contributed by atoms with Crippen LogP contribution in [0.25, 0.3) is 0 Å². The number of fused-ring (bicyclic) bond motifs is 1. The van der Waals surface area contributed by atoms with E-state index in [1.54, 1.807) is 6.07 Å². The molecule has 1 N–H and O–H groups in total. The number of rotatable bonds is 7. The van der Waals surface area contributed by atoms with Crippen LogP contribution < -0.4 is 5.32 Å². The molecular formula is C27H33N3O4S. The van der Waals surface area contributed by atoms with Crippen LogP contribution in [0, 0.1) is 11.3 Å². The lowest BCUT2D eigenvalue weighted by atomic mass is 9.84. The molecule has 1 aliphatic carbocycles. The van der Waals surface area contributed by atoms with Gasteiger partial charge < -0.3 is 10.1 Å². The van der Waals surface area contributed by atoms with Gasteiger partial charge in [0.15, 0.2) is 9.84 Å². The van der Waals surface area contributed by atoms with Crippen molar-refractivity contribution in [3.05, 3.63) is 41.2 Å². The van der Waals surface area contributed by atoms with E-state index < -0.39 is 9.84 Å². The van der Waals surface area contributed by atoms with Gasteiger partial charge in [-0.25, -0.2) is 8.42 Å². The molecule has 1 saturated carbocycles. The molecule has 0 bridgehead atoms. The predicted molar refractivity (Wildman–Crippen MR) is 137 cm³/mol. The lowest BCUT2D eigenvalue weighted by Gasteiger charge is -2.35. The first-order chi connectivity index (χ1) is 16.5. The van der Waals surface area contributed by atoms with E-state index in [1.807, 2.05) is 25.1 Å². The third-order valence-electron chi connectivity index (χ3n) is 7.04. The summed E-state index contributed by atoms with van der Waals surface area (Å²) in [5.41, 5.74) is 5.35. The molecule has 5 rings (SSSR count). The first-order valence-corrected chi connectivity index (χ1v) is 14.2. The quantitative estimate of drug-likeness (QED) is 0.561. The van der Waals surface area contributed by atoms with Crippen molar-refractivity contribution in [1.29, 1.82) is 0 Å². The number of sulfone groups is 1. The highest BCUT2D eigenvalue weighted by Crippen LogP contribution is 2.41. The molecule has 186 valence electrons. The van der Waals surface area contributed by atoms with Crippen LogP contribution in [0.5, 0.6) is 0 Å². The Kier molecular flexibility index (Phi) is 6.08. The summed E-state index contributed by atoms with van der Waals surface area (Å²) in [6.07, 6.45) is 5.83. The van der Waals surface area contributed by atoms with Gasteiger partial charge in [0.25, 0.3) is 0 Å². The topological polar surface area (TPSA) is 97.7 Å². The van der Waals surface area contributed by atoms with Crippen molar-refractivity contribution >= 4 is 38.4 Å². The van der Waals surface area contributed by atoms with Crippen molar-refractivity contribution in [1.82, 2.24) is 4.98 Å². The zero-order chi connectivity index (χ0) is 25.0. The zero-order valence-corrected chi connectivity index (χ0v) is 21.7. The number of benzene rings is 1. The smallest absolute Gasteiger partial charge is 0.177 e. The van der Waals surface area contributed by atoms with E-state index >= 15 is 0 Å². The predicted octanol–water partition coefficient (Wildman–Crippen LogP) is 5.28. The van der Waals surface area contributed by atoms with Gasteiger partial charge in [0.2, 0.25) is 0 Å². The van der Waals surface area contributed by atoms with Gasteiger partial charge in [0.05, 0.1) is 40.4 Å². The first kappa shape index (κ1) is 24.1. The van der Waals surface area contributed by atoms with Crippen LogP contribution >= 0.6 is 0 Å². The number of ether oxygens (including phenoxy) is 1. The number of hydrogen-bond acceptors (Lipinski definition) is 7. The average Bonchev–Trinajstić information content (AvgIpc) is 3.55. The molecule has 0 radical (unpaired) electrons. The third-order valence-corrected chi connectivity index (χ3v) is 8.17. The molecule has 2 aromatic rings. The second-order valence-electron chi connectivity index (χ2n) is 11.1. The Hall–Kier alpha value is -2.58. The zero-order valence-electron chi connectivity index (χ0n) is 20.8. The monoisotopic (exact) mass is 495 g/mol. The highest BCUT2D eigenvalue weighted by atomic mass is 32.2. The van der Waals surface area contributed by atoms with Crippen LogP contribution in [-0.4, -0.2) is 37.8 Å². The van der Waals surface area contributed by atoms with Gasteiger partial charge >= 0.3 is 0 Å². The number of hydrogen-bond donors (Lipinski definition) is 1. The van der Waals surface area contributed by atoms with E-state index in [2.05, 4.69) is 24.2 Å². The van der Waals surface area contributed by atoms with Crippen molar-refractivity contribution in [2.45, 2.75) is 70.3 Å². The molecule has 1 aromatic carbocycles. The SMILES string of the molecule is CC1=Nc2c(Nc3ccc([C@@H]4CCC(C)(C)CO4)cc3S(C)(=O)=O)cc(CC(=O)C3CC3)nc2C1. The van der Waals surface area contributed by atoms with Gasteiger partial charge in [-0.2, -0.15) is 0 Å². The fourth-order valence-corrected chi connectivity index (χ4v) is 5.71. The molecule has 1 atom stereocenters. The number of nitrogens with zero attached hydrogens (tertiary/aromatic N) is 2. The van der Waals surface area contributed by atoms with Crippen molar-refractivity contribution in [2.24, 2.45) is 16.3 Å². The maximum Gasteiger partial charge on any atom is 0.177 e. The van der Waals surface area contributed by atoms with E-state index in [4.69, 9.17) is 9.72 Å². The van der Waals surface area contributed by atoms with Crippen LogP contribution in [0.2, 0.25) is 0 Å². The molecular weight excluding hydrogens is 462 g/mol. The normalized spacial score (nSPS) is 21.4. The summed E-state index contributed by atoms with van der Waals surface area (Å²) in [6.45, 7) is 6.96. The largest absolute Gasteiger partial charge is 0.373 e. The highest BCUT2D eigenvalue weighted by molar-refractivity contribution is 7.90. The summed E-state index contributed by atoms with van der Waals surface area (Å²) in [7, 11) is -3.52. The number of Topliss-reactive ketones (excluding diaryl/α,β-unsaturated/α-hetero) is 1. The molecule has 0 amide bonds. The second-order valence-corrected chi connectivity index (χ2v) is 13.0. The molecule has 2 fully saturated rings. The molecule has 1 aromatic heterocycles. The summed E-state index contributed by atoms with van der Waals surface area (Å²) in [5.74, 6) is 0.382. The Morgan fingerprint density at radius 1 is 1.17 bits per heavy atom. The second kappa shape index (κ2) is 8.82. The summed E-state index contributed by atoms with van der Waals surface area (Å²) in [4.78, 5) is 22.0. The standard InChI is InChI=1S/C27H33N3O4S/c1-16-11-21-26(28-16)22(13-19(29-21)14-23(31)17-5-6-17)30-20-8-7-18(12-25(20)35(4,32)33)24-9-10-27(2,3)15-34-24/h7-8,12-13,17,24H,5-6,9-11,14-15H2,1-4H3,(H,29,30)/t24-/m0/s1. The molecule has 0 unspecified atom stereocenters. The minimum absolute atomic E-state index is 0.116. The molecule has 0 spiro atoms. The fraction of sp³-hybridized carbons (Fsp3) is 0.519. The van der Waals surface area contributed by atoms with Gasteiger partial charge in [-0.3, -0.25) is 14.8 Å². The van der Waals surface area contributed by atoms with Crippen molar-refractivity contribution < 1.29 is 17.9 Å². The minimum Gasteiger partial charge on any atom is -0.373 e. The fourth-order valence-electron chi connectivity index (χ4n) is 4.84. The highest BCUT2D eigenvalue weighted by Gasteiger charge is 2.31. The Balaban J connectivity index is 1.48. The number of nitrogens with one attached hydrogen (secondary N) is 1. The van der Waals surface area contributed by atoms with Crippen LogP contribution in [0.3, 0.4) is 0 Å². The molecule has 3 heterocycles. The maximum atomic E-state index is 12.8. The van der Waals surface area contributed by atoms with Gasteiger partial charge in [0.1, 0.15) is 11.5 Å². The number of aromatic nitrogens is 1. The number of carbonyl (C=O) groups excluding carboxylic acids is 1. The van der Waals surface area contributed by atoms with Gasteiger partial charge in [0, 0.05) is 30.7 Å². The summed E-state index contributed by atoms with van der Waals surface area (Å²) >= 11 is 0. The lowest BCUT2D eigenvalue weighted by molar-refractivity contribution is -0.119. The number of ketones is 1. The number of pyridine rings is 1. The average molecular weight is 496 g/mol. The Bertz CT molecular complexity index is 1320. The Labute approximate surface area is 207 Å². The Morgan fingerprint density at radius 3 is 2.60 bits per heavy atom.